The second kappa shape index (κ2) is 7.34. The van der Waals surface area contributed by atoms with Gasteiger partial charge in [0.15, 0.2) is 0 Å². The van der Waals surface area contributed by atoms with Gasteiger partial charge in [0.05, 0.1) is 12.2 Å². The monoisotopic (exact) mass is 326 g/mol. The van der Waals surface area contributed by atoms with Crippen LogP contribution in [0.2, 0.25) is 0 Å². The lowest BCUT2D eigenvalue weighted by atomic mass is 9.98. The smallest absolute Gasteiger partial charge is 0.255 e. The Morgan fingerprint density at radius 1 is 1.29 bits per heavy atom. The van der Waals surface area contributed by atoms with Gasteiger partial charge in [0.1, 0.15) is 5.75 Å². The molecule has 0 spiro atoms. The Hall–Kier alpha value is -2.56. The van der Waals surface area contributed by atoms with Gasteiger partial charge in [-0.05, 0) is 37.5 Å². The molecule has 1 aromatic carbocycles. The van der Waals surface area contributed by atoms with Crippen LogP contribution in [-0.4, -0.2) is 35.5 Å². The van der Waals surface area contributed by atoms with Gasteiger partial charge in [0.2, 0.25) is 5.56 Å². The Balaban J connectivity index is 1.60. The van der Waals surface area contributed by atoms with Crippen LogP contribution in [0.25, 0.3) is 0 Å². The van der Waals surface area contributed by atoms with Gasteiger partial charge in [-0.1, -0.05) is 18.2 Å². The summed E-state index contributed by atoms with van der Waals surface area (Å²) in [6, 6.07) is 10.9. The van der Waals surface area contributed by atoms with Gasteiger partial charge in [0, 0.05) is 31.3 Å². The molecule has 0 bridgehead atoms. The highest BCUT2D eigenvalue weighted by molar-refractivity contribution is 5.93. The lowest BCUT2D eigenvalue weighted by Gasteiger charge is -2.32. The predicted octanol–water partition coefficient (Wildman–Crippen LogP) is 2.61. The summed E-state index contributed by atoms with van der Waals surface area (Å²) in [4.78, 5) is 28.1. The van der Waals surface area contributed by atoms with Crippen molar-refractivity contribution in [1.29, 1.82) is 0 Å². The summed E-state index contributed by atoms with van der Waals surface area (Å²) in [6.45, 7) is 4.07. The minimum Gasteiger partial charge on any atom is -0.493 e. The molecule has 1 fully saturated rings. The molecule has 1 amide bonds. The molecule has 0 unspecified atom stereocenters. The molecular formula is C19H22N2O3. The molecule has 1 aliphatic rings. The van der Waals surface area contributed by atoms with E-state index >= 15 is 0 Å². The van der Waals surface area contributed by atoms with Gasteiger partial charge in [-0.2, -0.15) is 0 Å². The zero-order valence-electron chi connectivity index (χ0n) is 13.8. The minimum atomic E-state index is -0.199. The fourth-order valence-electron chi connectivity index (χ4n) is 3.04. The van der Waals surface area contributed by atoms with Crippen LogP contribution in [0.5, 0.6) is 5.75 Å². The van der Waals surface area contributed by atoms with Crippen molar-refractivity contribution in [1.82, 2.24) is 9.88 Å². The number of aryl methyl sites for hydroxylation is 1. The van der Waals surface area contributed by atoms with Crippen LogP contribution in [-0.2, 0) is 0 Å². The van der Waals surface area contributed by atoms with Crippen LogP contribution in [0.1, 0.15) is 28.8 Å². The molecule has 1 aliphatic heterocycles. The van der Waals surface area contributed by atoms with Crippen molar-refractivity contribution in [3.8, 4) is 5.75 Å². The van der Waals surface area contributed by atoms with Crippen molar-refractivity contribution in [3.05, 3.63) is 64.1 Å². The molecule has 0 saturated carbocycles. The normalized spacial score (nSPS) is 17.5. The Bertz CT molecular complexity index is 749. The van der Waals surface area contributed by atoms with E-state index in [0.29, 0.717) is 24.6 Å². The van der Waals surface area contributed by atoms with Gasteiger partial charge < -0.3 is 14.6 Å². The number of pyridine rings is 1. The van der Waals surface area contributed by atoms with Crippen LogP contribution in [0.4, 0.5) is 0 Å². The molecule has 5 nitrogen and oxygen atoms in total. The molecule has 5 heteroatoms. The van der Waals surface area contributed by atoms with E-state index in [1.807, 2.05) is 36.1 Å². The number of aromatic nitrogens is 1. The van der Waals surface area contributed by atoms with E-state index in [1.165, 1.54) is 12.3 Å². The minimum absolute atomic E-state index is 0.0353. The molecule has 1 aromatic heterocycles. The molecule has 3 rings (SSSR count). The van der Waals surface area contributed by atoms with Gasteiger partial charge in [-0.15, -0.1) is 0 Å². The summed E-state index contributed by atoms with van der Waals surface area (Å²) < 4.78 is 5.94. The maximum absolute atomic E-state index is 12.5. The zero-order chi connectivity index (χ0) is 16.9. The second-order valence-electron chi connectivity index (χ2n) is 6.28. The number of piperidine rings is 1. The van der Waals surface area contributed by atoms with Gasteiger partial charge in [-0.3, -0.25) is 9.59 Å². The van der Waals surface area contributed by atoms with E-state index in [4.69, 9.17) is 4.74 Å². The number of benzene rings is 1. The molecule has 0 aliphatic carbocycles. The Morgan fingerprint density at radius 2 is 2.12 bits per heavy atom. The molecular weight excluding hydrogens is 304 g/mol. The van der Waals surface area contributed by atoms with Gasteiger partial charge in [-0.25, -0.2) is 0 Å². The summed E-state index contributed by atoms with van der Waals surface area (Å²) in [7, 11) is 0. The lowest BCUT2D eigenvalue weighted by Crippen LogP contribution is -2.41. The van der Waals surface area contributed by atoms with Crippen molar-refractivity contribution < 1.29 is 9.53 Å². The third-order valence-electron chi connectivity index (χ3n) is 4.41. The number of aromatic amines is 1. The van der Waals surface area contributed by atoms with Crippen LogP contribution >= 0.6 is 0 Å². The third kappa shape index (κ3) is 3.85. The fourth-order valence-corrected chi connectivity index (χ4v) is 3.04. The number of amides is 1. The van der Waals surface area contributed by atoms with Crippen molar-refractivity contribution in [2.24, 2.45) is 5.92 Å². The van der Waals surface area contributed by atoms with Crippen LogP contribution in [0.3, 0.4) is 0 Å². The first kappa shape index (κ1) is 16.3. The van der Waals surface area contributed by atoms with E-state index in [9.17, 15) is 9.59 Å². The summed E-state index contributed by atoms with van der Waals surface area (Å²) in [6.07, 6.45) is 3.51. The zero-order valence-corrected chi connectivity index (χ0v) is 13.8. The standard InChI is InChI=1S/C19H22N2O3/c1-14-5-2-3-7-17(14)24-13-15-6-4-10-21(12-15)19(23)16-8-9-18(22)20-11-16/h2-3,5,7-9,11,15H,4,6,10,12-13H2,1H3,(H,20,22)/t15-/m1/s1. The number of likely N-dealkylation sites (tertiary alicyclic amines) is 1. The number of H-pyrrole nitrogens is 1. The lowest BCUT2D eigenvalue weighted by molar-refractivity contribution is 0.0632. The molecule has 2 heterocycles. The van der Waals surface area contributed by atoms with E-state index in [-0.39, 0.29) is 11.5 Å². The number of nitrogens with zero attached hydrogens (tertiary/aromatic N) is 1. The predicted molar refractivity (Wildman–Crippen MR) is 92.4 cm³/mol. The van der Waals surface area contributed by atoms with Crippen LogP contribution in [0, 0.1) is 12.8 Å². The van der Waals surface area contributed by atoms with Gasteiger partial charge in [0.25, 0.3) is 5.91 Å². The first-order valence-electron chi connectivity index (χ1n) is 8.30. The van der Waals surface area contributed by atoms with E-state index in [2.05, 4.69) is 4.98 Å². The maximum Gasteiger partial charge on any atom is 0.255 e. The molecule has 1 N–H and O–H groups in total. The van der Waals surface area contributed by atoms with E-state index < -0.39 is 0 Å². The topological polar surface area (TPSA) is 62.4 Å². The maximum atomic E-state index is 12.5. The summed E-state index contributed by atoms with van der Waals surface area (Å²) >= 11 is 0. The number of hydrogen-bond donors (Lipinski definition) is 1. The highest BCUT2D eigenvalue weighted by Gasteiger charge is 2.25. The molecule has 0 radical (unpaired) electrons. The highest BCUT2D eigenvalue weighted by Crippen LogP contribution is 2.22. The van der Waals surface area contributed by atoms with E-state index in [1.54, 1.807) is 6.07 Å². The van der Waals surface area contributed by atoms with Crippen LogP contribution in [0.15, 0.2) is 47.4 Å². The second-order valence-corrected chi connectivity index (χ2v) is 6.28. The summed E-state index contributed by atoms with van der Waals surface area (Å²) in [5, 5.41) is 0. The van der Waals surface area contributed by atoms with Gasteiger partial charge >= 0.3 is 0 Å². The fraction of sp³-hybridized carbons (Fsp3) is 0.368. The molecule has 2 aromatic rings. The van der Waals surface area contributed by atoms with Crippen LogP contribution < -0.4 is 10.3 Å². The Labute approximate surface area is 141 Å². The average molecular weight is 326 g/mol. The SMILES string of the molecule is Cc1ccccc1OC[C@@H]1CCCN(C(=O)c2ccc(=O)[nH]c2)C1. The number of carbonyl (C=O) groups excluding carboxylic acids is 1. The Kier molecular flexibility index (Phi) is 4.99. The van der Waals surface area contributed by atoms with Crippen molar-refractivity contribution >= 4 is 5.91 Å². The number of para-hydroxylation sites is 1. The quantitative estimate of drug-likeness (QED) is 0.939. The number of rotatable bonds is 4. The van der Waals surface area contributed by atoms with E-state index in [0.717, 1.165) is 30.7 Å². The first-order chi connectivity index (χ1) is 11.6. The molecule has 126 valence electrons. The number of nitrogens with one attached hydrogen (secondary N) is 1. The Morgan fingerprint density at radius 3 is 2.88 bits per heavy atom. The number of hydrogen-bond acceptors (Lipinski definition) is 3. The van der Waals surface area contributed by atoms with Crippen molar-refractivity contribution in [2.75, 3.05) is 19.7 Å². The first-order valence-corrected chi connectivity index (χ1v) is 8.30. The average Bonchev–Trinajstić information content (AvgIpc) is 2.61. The molecule has 24 heavy (non-hydrogen) atoms. The number of ether oxygens (including phenoxy) is 1. The third-order valence-corrected chi connectivity index (χ3v) is 4.41. The summed E-state index contributed by atoms with van der Waals surface area (Å²) in [5.41, 5.74) is 1.44. The molecule has 1 atom stereocenters. The van der Waals surface area contributed by atoms with Crippen molar-refractivity contribution in [2.45, 2.75) is 19.8 Å². The highest BCUT2D eigenvalue weighted by atomic mass is 16.5. The van der Waals surface area contributed by atoms with Crippen molar-refractivity contribution in [3.63, 3.8) is 0 Å². The summed E-state index contributed by atoms with van der Waals surface area (Å²) in [5.74, 6) is 1.19. The number of carbonyl (C=O) groups is 1. The molecule has 1 saturated heterocycles. The largest absolute Gasteiger partial charge is 0.493 e.